The van der Waals surface area contributed by atoms with Crippen LogP contribution in [0.3, 0.4) is 0 Å². The number of rotatable bonds is 7. The highest BCUT2D eigenvalue weighted by Crippen LogP contribution is 2.11. The molecule has 0 aliphatic rings. The van der Waals surface area contributed by atoms with Gasteiger partial charge in [0, 0.05) is 13.6 Å². The minimum absolute atomic E-state index is 0.477. The summed E-state index contributed by atoms with van der Waals surface area (Å²) in [6, 6.07) is 8.02. The molecule has 0 bridgehead atoms. The molecule has 7 nitrogen and oxygen atoms in total. The Kier molecular flexibility index (Phi) is 6.40. The summed E-state index contributed by atoms with van der Waals surface area (Å²) >= 11 is 0. The predicted molar refractivity (Wildman–Crippen MR) is 90.5 cm³/mol. The van der Waals surface area contributed by atoms with E-state index in [1.165, 1.54) is 11.9 Å². The van der Waals surface area contributed by atoms with Gasteiger partial charge in [0.05, 0.1) is 6.54 Å². The van der Waals surface area contributed by atoms with Crippen molar-refractivity contribution in [1.29, 1.82) is 0 Å². The summed E-state index contributed by atoms with van der Waals surface area (Å²) in [4.78, 5) is 8.65. The van der Waals surface area contributed by atoms with Crippen LogP contribution in [0.1, 0.15) is 18.3 Å². The Balaban J connectivity index is 1.79. The maximum atomic E-state index is 5.71. The van der Waals surface area contributed by atoms with Gasteiger partial charge in [0.25, 0.3) is 0 Å². The topological polar surface area (TPSA) is 76.4 Å². The van der Waals surface area contributed by atoms with Crippen molar-refractivity contribution >= 4 is 5.96 Å². The second-order valence-electron chi connectivity index (χ2n) is 5.09. The Labute approximate surface area is 136 Å². The van der Waals surface area contributed by atoms with Crippen LogP contribution in [0.25, 0.3) is 0 Å². The van der Waals surface area contributed by atoms with Gasteiger partial charge in [0.1, 0.15) is 31.1 Å². The summed E-state index contributed by atoms with van der Waals surface area (Å²) < 4.78 is 7.43. The minimum Gasteiger partial charge on any atom is -0.492 e. The highest BCUT2D eigenvalue weighted by atomic mass is 16.5. The zero-order valence-electron chi connectivity index (χ0n) is 13.9. The van der Waals surface area contributed by atoms with E-state index in [9.17, 15) is 0 Å². The largest absolute Gasteiger partial charge is 0.492 e. The monoisotopic (exact) mass is 316 g/mol. The Morgan fingerprint density at radius 3 is 2.91 bits per heavy atom. The molecule has 1 heterocycles. The van der Waals surface area contributed by atoms with Crippen molar-refractivity contribution in [2.24, 2.45) is 12.0 Å². The third-order valence-corrected chi connectivity index (χ3v) is 3.18. The molecule has 2 aromatic rings. The van der Waals surface area contributed by atoms with Crippen molar-refractivity contribution in [3.63, 3.8) is 0 Å². The van der Waals surface area contributed by atoms with E-state index in [0.717, 1.165) is 24.1 Å². The fourth-order valence-electron chi connectivity index (χ4n) is 2.00. The first-order chi connectivity index (χ1) is 11.2. The average molecular weight is 316 g/mol. The van der Waals surface area contributed by atoms with Gasteiger partial charge in [-0.1, -0.05) is 12.1 Å². The van der Waals surface area contributed by atoms with Gasteiger partial charge in [-0.3, -0.25) is 4.68 Å². The zero-order valence-corrected chi connectivity index (χ0v) is 13.9. The zero-order chi connectivity index (χ0) is 16.5. The smallest absolute Gasteiger partial charge is 0.191 e. The first-order valence-electron chi connectivity index (χ1n) is 7.73. The molecule has 1 aromatic carbocycles. The second kappa shape index (κ2) is 8.77. The molecular weight excluding hydrogens is 292 g/mol. The fourth-order valence-corrected chi connectivity index (χ4v) is 2.00. The van der Waals surface area contributed by atoms with E-state index in [0.29, 0.717) is 19.7 Å². The first kappa shape index (κ1) is 16.8. The normalized spacial score (nSPS) is 11.3. The third kappa shape index (κ3) is 5.61. The number of ether oxygens (including phenoxy) is 1. The molecule has 0 atom stereocenters. The van der Waals surface area contributed by atoms with Crippen LogP contribution in [0.2, 0.25) is 0 Å². The van der Waals surface area contributed by atoms with E-state index < -0.39 is 0 Å². The lowest BCUT2D eigenvalue weighted by atomic mass is 10.2. The molecule has 0 unspecified atom stereocenters. The molecule has 0 saturated carbocycles. The predicted octanol–water partition coefficient (Wildman–Crippen LogP) is 1.26. The maximum Gasteiger partial charge on any atom is 0.191 e. The lowest BCUT2D eigenvalue weighted by molar-refractivity contribution is 0.321. The van der Waals surface area contributed by atoms with Gasteiger partial charge in [-0.05, 0) is 31.5 Å². The molecule has 0 fully saturated rings. The van der Waals surface area contributed by atoms with E-state index in [1.54, 1.807) is 4.68 Å². The molecule has 0 aliphatic carbocycles. The summed E-state index contributed by atoms with van der Waals surface area (Å²) in [5.74, 6) is 2.44. The van der Waals surface area contributed by atoms with Crippen LogP contribution < -0.4 is 15.4 Å². The number of aryl methyl sites for hydroxylation is 2. The molecule has 7 heteroatoms. The van der Waals surface area contributed by atoms with E-state index in [4.69, 9.17) is 4.74 Å². The molecule has 2 N–H and O–H groups in total. The number of hydrogen-bond donors (Lipinski definition) is 2. The highest BCUT2D eigenvalue weighted by molar-refractivity contribution is 5.79. The van der Waals surface area contributed by atoms with E-state index in [-0.39, 0.29) is 0 Å². The molecule has 0 radical (unpaired) electrons. The van der Waals surface area contributed by atoms with Gasteiger partial charge in [-0.2, -0.15) is 5.10 Å². The number of aliphatic imine (C=N–C) groups is 1. The maximum absolute atomic E-state index is 5.71. The summed E-state index contributed by atoms with van der Waals surface area (Å²) in [6.45, 7) is 6.58. The van der Waals surface area contributed by atoms with Crippen molar-refractivity contribution in [3.8, 4) is 5.75 Å². The average Bonchev–Trinajstić information content (AvgIpc) is 2.94. The van der Waals surface area contributed by atoms with Crippen LogP contribution >= 0.6 is 0 Å². The summed E-state index contributed by atoms with van der Waals surface area (Å²) in [6.07, 6.45) is 1.53. The first-order valence-corrected chi connectivity index (χ1v) is 7.73. The number of nitrogens with zero attached hydrogens (tertiary/aromatic N) is 4. The minimum atomic E-state index is 0.477. The second-order valence-corrected chi connectivity index (χ2v) is 5.09. The van der Waals surface area contributed by atoms with Gasteiger partial charge < -0.3 is 15.4 Å². The van der Waals surface area contributed by atoms with Gasteiger partial charge in [0.2, 0.25) is 0 Å². The van der Waals surface area contributed by atoms with Crippen LogP contribution in [0.5, 0.6) is 5.75 Å². The van der Waals surface area contributed by atoms with Crippen LogP contribution in [-0.4, -0.2) is 40.4 Å². The van der Waals surface area contributed by atoms with Gasteiger partial charge in [-0.25, -0.2) is 9.98 Å². The van der Waals surface area contributed by atoms with Crippen molar-refractivity contribution in [3.05, 3.63) is 42.0 Å². The fraction of sp³-hybridized carbons (Fsp3) is 0.438. The van der Waals surface area contributed by atoms with Gasteiger partial charge >= 0.3 is 0 Å². The SMILES string of the molecule is CCNC(=NCc1ncnn1C)NCCOc1cccc(C)c1. The lowest BCUT2D eigenvalue weighted by Crippen LogP contribution is -2.39. The number of hydrogen-bond acceptors (Lipinski definition) is 4. The van der Waals surface area contributed by atoms with Crippen molar-refractivity contribution in [2.45, 2.75) is 20.4 Å². The summed E-state index contributed by atoms with van der Waals surface area (Å²) in [7, 11) is 1.86. The Hall–Kier alpha value is -2.57. The number of benzene rings is 1. The molecule has 0 saturated heterocycles. The van der Waals surface area contributed by atoms with Crippen LogP contribution in [0.4, 0.5) is 0 Å². The summed E-state index contributed by atoms with van der Waals surface area (Å²) in [5, 5.41) is 10.5. The lowest BCUT2D eigenvalue weighted by Gasteiger charge is -2.12. The van der Waals surface area contributed by atoms with E-state index in [2.05, 4.69) is 25.7 Å². The Morgan fingerprint density at radius 2 is 2.22 bits per heavy atom. The van der Waals surface area contributed by atoms with Crippen LogP contribution in [0.15, 0.2) is 35.6 Å². The molecule has 0 amide bonds. The highest BCUT2D eigenvalue weighted by Gasteiger charge is 2.01. The van der Waals surface area contributed by atoms with E-state index in [1.807, 2.05) is 45.2 Å². The van der Waals surface area contributed by atoms with Gasteiger partial charge in [0.15, 0.2) is 5.96 Å². The molecule has 2 rings (SSSR count). The molecule has 1 aromatic heterocycles. The van der Waals surface area contributed by atoms with Crippen molar-refractivity contribution in [1.82, 2.24) is 25.4 Å². The van der Waals surface area contributed by atoms with Crippen LogP contribution in [0, 0.1) is 6.92 Å². The molecular formula is C16H24N6O. The van der Waals surface area contributed by atoms with Crippen LogP contribution in [-0.2, 0) is 13.6 Å². The third-order valence-electron chi connectivity index (χ3n) is 3.18. The number of nitrogens with one attached hydrogen (secondary N) is 2. The molecule has 23 heavy (non-hydrogen) atoms. The molecule has 0 aliphatic heterocycles. The van der Waals surface area contributed by atoms with Crippen molar-refractivity contribution in [2.75, 3.05) is 19.7 Å². The van der Waals surface area contributed by atoms with Crippen molar-refractivity contribution < 1.29 is 4.74 Å². The molecule has 0 spiro atoms. The standard InChI is InChI=1S/C16H24N6O/c1-4-17-16(19-11-15-20-12-21-22(15)3)18-8-9-23-14-7-5-6-13(2)10-14/h5-7,10,12H,4,8-9,11H2,1-3H3,(H2,17,18,19). The number of aromatic nitrogens is 3. The Morgan fingerprint density at radius 1 is 1.35 bits per heavy atom. The number of guanidine groups is 1. The van der Waals surface area contributed by atoms with E-state index >= 15 is 0 Å². The summed E-state index contributed by atoms with van der Waals surface area (Å²) in [5.41, 5.74) is 1.19. The molecule has 124 valence electrons. The Bertz CT molecular complexity index is 637. The quantitative estimate of drug-likeness (QED) is 0.457. The van der Waals surface area contributed by atoms with Gasteiger partial charge in [-0.15, -0.1) is 0 Å².